The van der Waals surface area contributed by atoms with Crippen molar-refractivity contribution >= 4 is 17.2 Å². The Labute approximate surface area is 98.5 Å². The number of thiazole rings is 1. The third-order valence-electron chi connectivity index (χ3n) is 3.08. The van der Waals surface area contributed by atoms with Crippen LogP contribution >= 0.6 is 11.3 Å². The monoisotopic (exact) mass is 235 g/mol. The van der Waals surface area contributed by atoms with Gasteiger partial charge < -0.3 is 4.90 Å². The van der Waals surface area contributed by atoms with Crippen molar-refractivity contribution in [2.24, 2.45) is 5.41 Å². The number of nitriles is 1. The third kappa shape index (κ3) is 2.07. The van der Waals surface area contributed by atoms with Crippen LogP contribution in [0.4, 0.5) is 0 Å². The zero-order chi connectivity index (χ0) is 11.6. The fourth-order valence-electron chi connectivity index (χ4n) is 1.80. The van der Waals surface area contributed by atoms with Gasteiger partial charge in [0, 0.05) is 18.5 Å². The molecule has 0 spiro atoms. The lowest BCUT2D eigenvalue weighted by molar-refractivity contribution is 0.0656. The van der Waals surface area contributed by atoms with E-state index in [1.54, 1.807) is 15.8 Å². The Kier molecular flexibility index (Phi) is 2.92. The molecule has 2 heterocycles. The van der Waals surface area contributed by atoms with Gasteiger partial charge in [0.15, 0.2) is 0 Å². The van der Waals surface area contributed by atoms with Gasteiger partial charge in [-0.1, -0.05) is 0 Å². The van der Waals surface area contributed by atoms with E-state index in [9.17, 15) is 4.79 Å². The topological polar surface area (TPSA) is 57.0 Å². The minimum absolute atomic E-state index is 0.0127. The van der Waals surface area contributed by atoms with Crippen molar-refractivity contribution in [3.05, 3.63) is 16.6 Å². The molecular weight excluding hydrogens is 222 g/mol. The molecule has 1 amide bonds. The van der Waals surface area contributed by atoms with Crippen molar-refractivity contribution < 1.29 is 4.79 Å². The molecule has 0 aromatic carbocycles. The predicted octanol–water partition coefficient (Wildman–Crippen LogP) is 1.91. The van der Waals surface area contributed by atoms with Gasteiger partial charge in [0.05, 0.1) is 17.0 Å². The lowest BCUT2D eigenvalue weighted by Crippen LogP contribution is -2.41. The zero-order valence-electron chi connectivity index (χ0n) is 9.14. The standard InChI is InChI=1S/C11H13N3OS/c1-11(7-12)2-4-14(5-3-11)10(15)9-6-16-8-13-9/h6,8H,2-5H2,1H3. The summed E-state index contributed by atoms with van der Waals surface area (Å²) in [7, 11) is 0. The molecule has 1 fully saturated rings. The molecule has 0 unspecified atom stereocenters. The number of rotatable bonds is 1. The second kappa shape index (κ2) is 4.22. The van der Waals surface area contributed by atoms with Crippen molar-refractivity contribution in [3.63, 3.8) is 0 Å². The van der Waals surface area contributed by atoms with Gasteiger partial charge in [0.25, 0.3) is 5.91 Å². The van der Waals surface area contributed by atoms with E-state index >= 15 is 0 Å². The molecule has 1 saturated heterocycles. The zero-order valence-corrected chi connectivity index (χ0v) is 9.96. The van der Waals surface area contributed by atoms with E-state index < -0.39 is 0 Å². The SMILES string of the molecule is CC1(C#N)CCN(C(=O)c2cscn2)CC1. The van der Waals surface area contributed by atoms with Crippen molar-refractivity contribution in [2.75, 3.05) is 13.1 Å². The average molecular weight is 235 g/mol. The van der Waals surface area contributed by atoms with Crippen LogP contribution in [0.5, 0.6) is 0 Å². The molecule has 0 bridgehead atoms. The molecule has 0 N–H and O–H groups in total. The molecular formula is C11H13N3OS. The summed E-state index contributed by atoms with van der Waals surface area (Å²) in [5.74, 6) is -0.0127. The summed E-state index contributed by atoms with van der Waals surface area (Å²) < 4.78 is 0. The largest absolute Gasteiger partial charge is 0.337 e. The van der Waals surface area contributed by atoms with Gasteiger partial charge in [-0.2, -0.15) is 5.26 Å². The first-order valence-corrected chi connectivity index (χ1v) is 6.18. The highest BCUT2D eigenvalue weighted by Crippen LogP contribution is 2.30. The Bertz CT molecular complexity index is 413. The molecule has 4 nitrogen and oxygen atoms in total. The highest BCUT2D eigenvalue weighted by molar-refractivity contribution is 7.07. The Balaban J connectivity index is 2.00. The van der Waals surface area contributed by atoms with E-state index in [1.807, 2.05) is 6.92 Å². The predicted molar refractivity (Wildman–Crippen MR) is 61.0 cm³/mol. The first kappa shape index (κ1) is 11.1. The van der Waals surface area contributed by atoms with Gasteiger partial charge in [-0.3, -0.25) is 4.79 Å². The van der Waals surface area contributed by atoms with E-state index in [2.05, 4.69) is 11.1 Å². The second-order valence-corrected chi connectivity index (χ2v) is 5.06. The number of aromatic nitrogens is 1. The van der Waals surface area contributed by atoms with Crippen LogP contribution in [-0.2, 0) is 0 Å². The first-order valence-electron chi connectivity index (χ1n) is 5.23. The summed E-state index contributed by atoms with van der Waals surface area (Å²) in [4.78, 5) is 17.7. The first-order chi connectivity index (χ1) is 7.64. The maximum Gasteiger partial charge on any atom is 0.273 e. The maximum absolute atomic E-state index is 11.9. The number of carbonyl (C=O) groups is 1. The smallest absolute Gasteiger partial charge is 0.273 e. The van der Waals surface area contributed by atoms with Crippen LogP contribution in [0.1, 0.15) is 30.3 Å². The highest BCUT2D eigenvalue weighted by atomic mass is 32.1. The molecule has 1 aliphatic heterocycles. The lowest BCUT2D eigenvalue weighted by atomic mass is 9.82. The fourth-order valence-corrected chi connectivity index (χ4v) is 2.32. The number of hydrogen-bond acceptors (Lipinski definition) is 4. The summed E-state index contributed by atoms with van der Waals surface area (Å²) in [6.45, 7) is 3.26. The Morgan fingerprint density at radius 3 is 2.81 bits per heavy atom. The molecule has 84 valence electrons. The summed E-state index contributed by atoms with van der Waals surface area (Å²) in [5.41, 5.74) is 1.92. The van der Waals surface area contributed by atoms with Crippen molar-refractivity contribution in [2.45, 2.75) is 19.8 Å². The van der Waals surface area contributed by atoms with Gasteiger partial charge in [-0.15, -0.1) is 11.3 Å². The Morgan fingerprint density at radius 1 is 1.62 bits per heavy atom. The fraction of sp³-hybridized carbons (Fsp3) is 0.545. The average Bonchev–Trinajstić information content (AvgIpc) is 2.83. The summed E-state index contributed by atoms with van der Waals surface area (Å²) >= 11 is 1.43. The third-order valence-corrected chi connectivity index (χ3v) is 3.66. The summed E-state index contributed by atoms with van der Waals surface area (Å²) in [6, 6.07) is 2.32. The van der Waals surface area contributed by atoms with Crippen LogP contribution in [0.2, 0.25) is 0 Å². The molecule has 0 radical (unpaired) electrons. The normalized spacial score (nSPS) is 19.1. The van der Waals surface area contributed by atoms with Crippen molar-refractivity contribution in [3.8, 4) is 6.07 Å². The molecule has 16 heavy (non-hydrogen) atoms. The second-order valence-electron chi connectivity index (χ2n) is 4.34. The summed E-state index contributed by atoms with van der Waals surface area (Å²) in [5, 5.41) is 10.8. The molecule has 1 aromatic rings. The number of carbonyl (C=O) groups excluding carboxylic acids is 1. The molecule has 1 aliphatic rings. The number of likely N-dealkylation sites (tertiary alicyclic amines) is 1. The van der Waals surface area contributed by atoms with E-state index in [1.165, 1.54) is 11.3 Å². The van der Waals surface area contributed by atoms with Gasteiger partial charge in [-0.25, -0.2) is 4.98 Å². The van der Waals surface area contributed by atoms with Crippen molar-refractivity contribution in [1.82, 2.24) is 9.88 Å². The lowest BCUT2D eigenvalue weighted by Gasteiger charge is -2.34. The number of nitrogens with zero attached hydrogens (tertiary/aromatic N) is 3. The van der Waals surface area contributed by atoms with E-state index in [0.717, 1.165) is 12.8 Å². The van der Waals surface area contributed by atoms with Crippen LogP contribution < -0.4 is 0 Å². The number of amides is 1. The van der Waals surface area contributed by atoms with E-state index in [4.69, 9.17) is 5.26 Å². The van der Waals surface area contributed by atoms with E-state index in [-0.39, 0.29) is 11.3 Å². The molecule has 2 rings (SSSR count). The maximum atomic E-state index is 11.9. The molecule has 5 heteroatoms. The van der Waals surface area contributed by atoms with Crippen LogP contribution in [0.25, 0.3) is 0 Å². The minimum atomic E-state index is -0.265. The van der Waals surface area contributed by atoms with Crippen LogP contribution in [-0.4, -0.2) is 28.9 Å². The Morgan fingerprint density at radius 2 is 2.31 bits per heavy atom. The van der Waals surface area contributed by atoms with Gasteiger partial charge in [-0.05, 0) is 19.8 Å². The number of hydrogen-bond donors (Lipinski definition) is 0. The summed E-state index contributed by atoms with van der Waals surface area (Å²) in [6.07, 6.45) is 1.50. The van der Waals surface area contributed by atoms with Crippen LogP contribution in [0.15, 0.2) is 10.9 Å². The Hall–Kier alpha value is -1.41. The van der Waals surface area contributed by atoms with Gasteiger partial charge in [0.2, 0.25) is 0 Å². The van der Waals surface area contributed by atoms with Crippen molar-refractivity contribution in [1.29, 1.82) is 5.26 Å². The highest BCUT2D eigenvalue weighted by Gasteiger charge is 2.32. The minimum Gasteiger partial charge on any atom is -0.337 e. The quantitative estimate of drug-likeness (QED) is 0.747. The molecule has 0 saturated carbocycles. The van der Waals surface area contributed by atoms with Crippen LogP contribution in [0, 0.1) is 16.7 Å². The van der Waals surface area contributed by atoms with Gasteiger partial charge >= 0.3 is 0 Å². The number of piperidine rings is 1. The molecule has 0 atom stereocenters. The molecule has 0 aliphatic carbocycles. The molecule has 1 aromatic heterocycles. The van der Waals surface area contributed by atoms with Gasteiger partial charge in [0.1, 0.15) is 5.69 Å². The van der Waals surface area contributed by atoms with E-state index in [0.29, 0.717) is 18.8 Å². The van der Waals surface area contributed by atoms with Crippen LogP contribution in [0.3, 0.4) is 0 Å².